The zero-order valence-corrected chi connectivity index (χ0v) is 17.0. The van der Waals surface area contributed by atoms with Gasteiger partial charge in [0, 0.05) is 19.5 Å². The van der Waals surface area contributed by atoms with Gasteiger partial charge in [-0.1, -0.05) is 55.0 Å². The van der Waals surface area contributed by atoms with E-state index in [1.54, 1.807) is 12.1 Å². The van der Waals surface area contributed by atoms with E-state index in [-0.39, 0.29) is 18.4 Å². The van der Waals surface area contributed by atoms with Crippen molar-refractivity contribution >= 4 is 21.6 Å². The maximum absolute atomic E-state index is 12.1. The van der Waals surface area contributed by atoms with Crippen LogP contribution in [0.15, 0.2) is 54.6 Å². The fourth-order valence-electron chi connectivity index (χ4n) is 2.84. The van der Waals surface area contributed by atoms with Crippen LogP contribution in [0.1, 0.15) is 36.8 Å². The van der Waals surface area contributed by atoms with E-state index >= 15 is 0 Å². The molecule has 2 aromatic rings. The second kappa shape index (κ2) is 9.55. The molecule has 5 nitrogen and oxygen atoms in total. The monoisotopic (exact) mass is 388 g/mol. The average Bonchev–Trinajstić information content (AvgIpc) is 2.64. The van der Waals surface area contributed by atoms with Crippen LogP contribution in [0.3, 0.4) is 0 Å². The summed E-state index contributed by atoms with van der Waals surface area (Å²) in [5.74, 6) is 0.172. The topological polar surface area (TPSA) is 66.5 Å². The van der Waals surface area contributed by atoms with Crippen LogP contribution in [0.4, 0.5) is 5.69 Å². The number of aryl methyl sites for hydroxylation is 1. The van der Waals surface area contributed by atoms with Crippen LogP contribution in [0.25, 0.3) is 0 Å². The fourth-order valence-corrected chi connectivity index (χ4v) is 3.80. The van der Waals surface area contributed by atoms with Gasteiger partial charge in [-0.25, -0.2) is 8.42 Å². The van der Waals surface area contributed by atoms with Crippen LogP contribution >= 0.6 is 0 Å². The predicted octanol–water partition coefficient (Wildman–Crippen LogP) is 3.46. The first-order chi connectivity index (χ1) is 12.8. The molecule has 6 heteroatoms. The Labute approximate surface area is 162 Å². The van der Waals surface area contributed by atoms with Gasteiger partial charge in [-0.05, 0) is 37.0 Å². The molecule has 0 fully saturated rings. The number of carbonyl (C=O) groups is 1. The molecule has 0 aromatic heterocycles. The molecule has 0 unspecified atom stereocenters. The van der Waals surface area contributed by atoms with Gasteiger partial charge in [0.2, 0.25) is 15.9 Å². The van der Waals surface area contributed by atoms with Crippen LogP contribution in [-0.2, 0) is 14.8 Å². The molecular formula is C21H28N2O3S. The molecule has 0 heterocycles. The van der Waals surface area contributed by atoms with Crippen molar-refractivity contribution in [3.63, 3.8) is 0 Å². The number of carbonyl (C=O) groups excluding carboxylic acids is 1. The summed E-state index contributed by atoms with van der Waals surface area (Å²) in [5, 5.41) is 2.93. The van der Waals surface area contributed by atoms with E-state index in [9.17, 15) is 13.2 Å². The highest BCUT2D eigenvalue weighted by Crippen LogP contribution is 2.19. The Morgan fingerprint density at radius 3 is 2.30 bits per heavy atom. The molecular weight excluding hydrogens is 360 g/mol. The van der Waals surface area contributed by atoms with Crippen molar-refractivity contribution in [3.8, 4) is 0 Å². The van der Waals surface area contributed by atoms with Gasteiger partial charge in [-0.15, -0.1) is 0 Å². The van der Waals surface area contributed by atoms with E-state index in [1.807, 2.05) is 49.4 Å². The van der Waals surface area contributed by atoms with Crippen LogP contribution < -0.4 is 9.62 Å². The van der Waals surface area contributed by atoms with Gasteiger partial charge in [0.05, 0.1) is 11.9 Å². The van der Waals surface area contributed by atoms with Gasteiger partial charge in [0.25, 0.3) is 0 Å². The normalized spacial score (nSPS) is 12.4. The molecule has 2 aromatic carbocycles. The highest BCUT2D eigenvalue weighted by Gasteiger charge is 2.17. The molecule has 2 rings (SSSR count). The molecule has 1 amide bonds. The predicted molar refractivity (Wildman–Crippen MR) is 110 cm³/mol. The molecule has 1 atom stereocenters. The Morgan fingerprint density at radius 2 is 1.70 bits per heavy atom. The highest BCUT2D eigenvalue weighted by atomic mass is 32.2. The number of amides is 1. The lowest BCUT2D eigenvalue weighted by Gasteiger charge is -2.22. The number of sulfonamides is 1. The van der Waals surface area contributed by atoms with Crippen molar-refractivity contribution < 1.29 is 13.2 Å². The number of hydrogen-bond acceptors (Lipinski definition) is 3. The number of nitrogens with one attached hydrogen (secondary N) is 1. The van der Waals surface area contributed by atoms with Gasteiger partial charge in [0.1, 0.15) is 0 Å². The van der Waals surface area contributed by atoms with Gasteiger partial charge in [-0.2, -0.15) is 0 Å². The maximum Gasteiger partial charge on any atom is 0.232 e. The Bertz CT molecular complexity index is 833. The Kier molecular flexibility index (Phi) is 7.42. The van der Waals surface area contributed by atoms with Crippen molar-refractivity contribution in [1.82, 2.24) is 5.32 Å². The Morgan fingerprint density at radius 1 is 1.07 bits per heavy atom. The number of hydrogen-bond donors (Lipinski definition) is 1. The summed E-state index contributed by atoms with van der Waals surface area (Å²) in [6.07, 6.45) is 1.94. The van der Waals surface area contributed by atoms with Gasteiger partial charge < -0.3 is 5.32 Å². The number of anilines is 1. The van der Waals surface area contributed by atoms with E-state index < -0.39 is 10.0 Å². The minimum absolute atomic E-state index is 0.0601. The first-order valence-corrected chi connectivity index (χ1v) is 11.0. The van der Waals surface area contributed by atoms with E-state index in [0.717, 1.165) is 5.56 Å². The van der Waals surface area contributed by atoms with Crippen molar-refractivity contribution in [2.75, 3.05) is 23.7 Å². The zero-order chi connectivity index (χ0) is 19.9. The highest BCUT2D eigenvalue weighted by molar-refractivity contribution is 7.92. The van der Waals surface area contributed by atoms with Crippen molar-refractivity contribution in [1.29, 1.82) is 0 Å². The first kappa shape index (κ1) is 21.0. The van der Waals surface area contributed by atoms with Crippen molar-refractivity contribution in [3.05, 3.63) is 65.7 Å². The summed E-state index contributed by atoms with van der Waals surface area (Å²) in [6.45, 7) is 4.87. The zero-order valence-electron chi connectivity index (χ0n) is 16.2. The summed E-state index contributed by atoms with van der Waals surface area (Å²) in [6, 6.07) is 17.4. The molecule has 0 bridgehead atoms. The minimum Gasteiger partial charge on any atom is -0.356 e. The summed E-state index contributed by atoms with van der Waals surface area (Å²) in [4.78, 5) is 12.1. The van der Waals surface area contributed by atoms with E-state index in [0.29, 0.717) is 25.1 Å². The first-order valence-electron chi connectivity index (χ1n) is 9.13. The molecule has 1 N–H and O–H groups in total. The number of benzene rings is 2. The number of rotatable bonds is 9. The lowest BCUT2D eigenvalue weighted by Crippen LogP contribution is -2.32. The quantitative estimate of drug-likeness (QED) is 0.715. The lowest BCUT2D eigenvalue weighted by molar-refractivity contribution is -0.121. The van der Waals surface area contributed by atoms with Gasteiger partial charge in [-0.3, -0.25) is 9.10 Å². The second-order valence-electron chi connectivity index (χ2n) is 6.89. The van der Waals surface area contributed by atoms with Crippen molar-refractivity contribution in [2.45, 2.75) is 32.6 Å². The summed E-state index contributed by atoms with van der Waals surface area (Å²) < 4.78 is 25.5. The van der Waals surface area contributed by atoms with E-state index in [2.05, 4.69) is 12.2 Å². The lowest BCUT2D eigenvalue weighted by atomic mass is 10.0. The molecule has 146 valence electrons. The van der Waals surface area contributed by atoms with Crippen LogP contribution in [0.2, 0.25) is 0 Å². The third kappa shape index (κ3) is 6.71. The van der Waals surface area contributed by atoms with Crippen molar-refractivity contribution in [2.24, 2.45) is 0 Å². The molecule has 0 radical (unpaired) electrons. The molecule has 0 aliphatic rings. The molecule has 0 saturated heterocycles. The Hall–Kier alpha value is -2.34. The minimum atomic E-state index is -3.39. The third-order valence-corrected chi connectivity index (χ3v) is 5.66. The van der Waals surface area contributed by atoms with E-state index in [4.69, 9.17) is 0 Å². The summed E-state index contributed by atoms with van der Waals surface area (Å²) in [5.41, 5.74) is 2.88. The summed E-state index contributed by atoms with van der Waals surface area (Å²) >= 11 is 0. The van der Waals surface area contributed by atoms with Gasteiger partial charge >= 0.3 is 0 Å². The smallest absolute Gasteiger partial charge is 0.232 e. The van der Waals surface area contributed by atoms with Gasteiger partial charge in [0.15, 0.2) is 0 Å². The fraction of sp³-hybridized carbons (Fsp3) is 0.381. The summed E-state index contributed by atoms with van der Waals surface area (Å²) in [7, 11) is -3.39. The Balaban J connectivity index is 1.83. The third-order valence-electron chi connectivity index (χ3n) is 4.46. The molecule has 0 spiro atoms. The van der Waals surface area contributed by atoms with Crippen LogP contribution in [0.5, 0.6) is 0 Å². The molecule has 0 saturated carbocycles. The number of nitrogens with zero attached hydrogens (tertiary/aromatic N) is 1. The average molecular weight is 389 g/mol. The molecule has 27 heavy (non-hydrogen) atoms. The van der Waals surface area contributed by atoms with E-state index in [1.165, 1.54) is 16.1 Å². The largest absolute Gasteiger partial charge is 0.356 e. The maximum atomic E-state index is 12.1. The van der Waals surface area contributed by atoms with Crippen LogP contribution in [0, 0.1) is 6.92 Å². The van der Waals surface area contributed by atoms with Crippen LogP contribution in [-0.4, -0.2) is 33.7 Å². The SMILES string of the molecule is Cc1ccc(N(CCCC(=O)NC[C@@H](C)c2ccccc2)S(C)(=O)=O)cc1. The standard InChI is InChI=1S/C21H28N2O3S/c1-17-11-13-20(14-12-17)23(27(3,25)26)15-7-10-21(24)22-16-18(2)19-8-5-4-6-9-19/h4-6,8-9,11-14,18H,7,10,15-16H2,1-3H3,(H,22,24)/t18-/m1/s1. The second-order valence-corrected chi connectivity index (χ2v) is 8.80. The molecule has 0 aliphatic carbocycles. The molecule has 0 aliphatic heterocycles.